The fraction of sp³-hybridized carbons (Fsp3) is 0.435. The number of anilines is 1. The predicted molar refractivity (Wildman–Crippen MR) is 116 cm³/mol. The highest BCUT2D eigenvalue weighted by Crippen LogP contribution is 2.47. The maximum Gasteiger partial charge on any atom is 0.241 e. The molecular weight excluding hydrogens is 372 g/mol. The molecule has 0 bridgehead atoms. The third kappa shape index (κ3) is 3.76. The Morgan fingerprint density at radius 1 is 1.11 bits per heavy atom. The van der Waals surface area contributed by atoms with E-state index in [1.54, 1.807) is 0 Å². The lowest BCUT2D eigenvalue weighted by atomic mass is 9.98. The van der Waals surface area contributed by atoms with Crippen LogP contribution in [0.25, 0.3) is 0 Å². The number of halogens is 1. The molecule has 0 fully saturated rings. The molecule has 0 spiro atoms. The molecule has 150 valence electrons. The van der Waals surface area contributed by atoms with Gasteiger partial charge in [-0.1, -0.05) is 55.8 Å². The monoisotopic (exact) mass is 400 g/mol. The highest BCUT2D eigenvalue weighted by molar-refractivity contribution is 6.33. The maximum absolute atomic E-state index is 13.3. The Hall–Kier alpha value is -2.04. The standard InChI is InChI=1S/C23H29ClN2O2/c1-6-25(7-2)14-20(27)26-13-19(18-11-9-8-10-12-18)28-23-16(4)15(3)21(24)17(5)22(23)26/h8-12,19H,6-7,13-14H2,1-5H3/t19-/m0/s1. The summed E-state index contributed by atoms with van der Waals surface area (Å²) in [6.07, 6.45) is -0.201. The molecule has 0 radical (unpaired) electrons. The van der Waals surface area contributed by atoms with Gasteiger partial charge in [0.1, 0.15) is 11.9 Å². The van der Waals surface area contributed by atoms with E-state index >= 15 is 0 Å². The molecule has 0 aromatic heterocycles. The van der Waals surface area contributed by atoms with E-state index in [-0.39, 0.29) is 12.0 Å². The van der Waals surface area contributed by atoms with Crippen LogP contribution in [0.1, 0.15) is 42.2 Å². The topological polar surface area (TPSA) is 32.8 Å². The van der Waals surface area contributed by atoms with Crippen LogP contribution in [0.3, 0.4) is 0 Å². The summed E-state index contributed by atoms with van der Waals surface area (Å²) in [6, 6.07) is 10.1. The average Bonchev–Trinajstić information content (AvgIpc) is 2.73. The molecule has 1 aliphatic heterocycles. The van der Waals surface area contributed by atoms with E-state index in [1.807, 2.05) is 56.0 Å². The van der Waals surface area contributed by atoms with Gasteiger partial charge < -0.3 is 9.64 Å². The number of hydrogen-bond donors (Lipinski definition) is 0. The minimum absolute atomic E-state index is 0.0802. The van der Waals surface area contributed by atoms with E-state index in [9.17, 15) is 4.79 Å². The van der Waals surface area contributed by atoms with Crippen molar-refractivity contribution < 1.29 is 9.53 Å². The molecule has 3 rings (SSSR count). The smallest absolute Gasteiger partial charge is 0.241 e. The molecule has 4 nitrogen and oxygen atoms in total. The molecule has 28 heavy (non-hydrogen) atoms. The number of fused-ring (bicyclic) bond motifs is 1. The summed E-state index contributed by atoms with van der Waals surface area (Å²) in [4.78, 5) is 17.3. The molecule has 0 unspecified atom stereocenters. The third-order valence-electron chi connectivity index (χ3n) is 5.74. The van der Waals surface area contributed by atoms with Gasteiger partial charge in [-0.15, -0.1) is 0 Å². The number of amides is 1. The summed E-state index contributed by atoms with van der Waals surface area (Å²) in [5.74, 6) is 0.851. The van der Waals surface area contributed by atoms with Crippen LogP contribution in [-0.4, -0.2) is 37.0 Å². The van der Waals surface area contributed by atoms with Crippen molar-refractivity contribution in [1.29, 1.82) is 0 Å². The first-order chi connectivity index (χ1) is 13.4. The molecule has 5 heteroatoms. The molecule has 1 atom stereocenters. The van der Waals surface area contributed by atoms with Crippen LogP contribution in [0.2, 0.25) is 5.02 Å². The molecular formula is C23H29ClN2O2. The van der Waals surface area contributed by atoms with Gasteiger partial charge in [-0.25, -0.2) is 0 Å². The number of benzene rings is 2. The van der Waals surface area contributed by atoms with E-state index in [0.717, 1.165) is 46.8 Å². The summed E-state index contributed by atoms with van der Waals surface area (Å²) in [5.41, 5.74) is 4.78. The van der Waals surface area contributed by atoms with E-state index in [2.05, 4.69) is 18.7 Å². The normalized spacial score (nSPS) is 16.1. The SMILES string of the molecule is CCN(CC)CC(=O)N1C[C@@H](c2ccccc2)Oc2c(C)c(C)c(Cl)c(C)c21. The van der Waals surface area contributed by atoms with Crippen LogP contribution in [-0.2, 0) is 4.79 Å². The lowest BCUT2D eigenvalue weighted by molar-refractivity contribution is -0.120. The second-order valence-electron chi connectivity index (χ2n) is 7.35. The van der Waals surface area contributed by atoms with Crippen molar-refractivity contribution in [1.82, 2.24) is 4.90 Å². The minimum Gasteiger partial charge on any atom is -0.481 e. The van der Waals surface area contributed by atoms with Crippen molar-refractivity contribution in [2.24, 2.45) is 0 Å². The molecule has 2 aromatic rings. The van der Waals surface area contributed by atoms with Crippen LogP contribution >= 0.6 is 11.6 Å². The number of carbonyl (C=O) groups excluding carboxylic acids is 1. The van der Waals surface area contributed by atoms with E-state index < -0.39 is 0 Å². The van der Waals surface area contributed by atoms with Crippen LogP contribution in [0.5, 0.6) is 5.75 Å². The Bertz CT molecular complexity index is 863. The minimum atomic E-state index is -0.201. The highest BCUT2D eigenvalue weighted by atomic mass is 35.5. The summed E-state index contributed by atoms with van der Waals surface area (Å²) >= 11 is 6.60. The maximum atomic E-state index is 13.3. The highest BCUT2D eigenvalue weighted by Gasteiger charge is 2.35. The van der Waals surface area contributed by atoms with Crippen molar-refractivity contribution in [3.63, 3.8) is 0 Å². The third-order valence-corrected chi connectivity index (χ3v) is 6.30. The van der Waals surface area contributed by atoms with Crippen LogP contribution < -0.4 is 9.64 Å². The van der Waals surface area contributed by atoms with E-state index in [1.165, 1.54) is 0 Å². The molecule has 2 aromatic carbocycles. The molecule has 1 heterocycles. The molecule has 1 amide bonds. The van der Waals surface area contributed by atoms with Gasteiger partial charge in [-0.2, -0.15) is 0 Å². The predicted octanol–water partition coefficient (Wildman–Crippen LogP) is 5.07. The summed E-state index contributed by atoms with van der Waals surface area (Å²) in [5, 5.41) is 0.707. The number of carbonyl (C=O) groups is 1. The summed E-state index contributed by atoms with van der Waals surface area (Å²) < 4.78 is 6.44. The Morgan fingerprint density at radius 2 is 1.75 bits per heavy atom. The zero-order valence-corrected chi connectivity index (χ0v) is 18.1. The Labute approximate surface area is 173 Å². The second-order valence-corrected chi connectivity index (χ2v) is 7.73. The fourth-order valence-electron chi connectivity index (χ4n) is 3.77. The number of likely N-dealkylation sites (N-methyl/N-ethyl adjacent to an activating group) is 1. The molecule has 0 N–H and O–H groups in total. The van der Waals surface area contributed by atoms with E-state index in [4.69, 9.17) is 16.3 Å². The second kappa shape index (κ2) is 8.54. The number of ether oxygens (including phenoxy) is 1. The zero-order valence-electron chi connectivity index (χ0n) is 17.4. The molecule has 1 aliphatic rings. The van der Waals surface area contributed by atoms with Crippen molar-refractivity contribution in [2.75, 3.05) is 31.1 Å². The first-order valence-corrected chi connectivity index (χ1v) is 10.3. The largest absolute Gasteiger partial charge is 0.481 e. The van der Waals surface area contributed by atoms with Gasteiger partial charge in [-0.05, 0) is 56.1 Å². The van der Waals surface area contributed by atoms with Crippen molar-refractivity contribution >= 4 is 23.2 Å². The van der Waals surface area contributed by atoms with Crippen LogP contribution in [0, 0.1) is 20.8 Å². The van der Waals surface area contributed by atoms with E-state index in [0.29, 0.717) is 18.1 Å². The van der Waals surface area contributed by atoms with Crippen LogP contribution in [0.4, 0.5) is 5.69 Å². The number of nitrogens with zero attached hydrogens (tertiary/aromatic N) is 2. The van der Waals surface area contributed by atoms with Gasteiger partial charge in [-0.3, -0.25) is 9.69 Å². The summed E-state index contributed by atoms with van der Waals surface area (Å²) in [7, 11) is 0. The quantitative estimate of drug-likeness (QED) is 0.702. The van der Waals surface area contributed by atoms with Crippen molar-refractivity contribution in [3.05, 3.63) is 57.6 Å². The van der Waals surface area contributed by atoms with Gasteiger partial charge in [0.2, 0.25) is 5.91 Å². The summed E-state index contributed by atoms with van der Waals surface area (Å²) in [6.45, 7) is 12.7. The Morgan fingerprint density at radius 3 is 2.36 bits per heavy atom. The molecule has 0 aliphatic carbocycles. The number of hydrogen-bond acceptors (Lipinski definition) is 3. The van der Waals surface area contributed by atoms with Crippen molar-refractivity contribution in [3.8, 4) is 5.75 Å². The average molecular weight is 401 g/mol. The molecule has 0 saturated heterocycles. The lowest BCUT2D eigenvalue weighted by Gasteiger charge is -2.38. The van der Waals surface area contributed by atoms with Gasteiger partial charge in [0, 0.05) is 5.02 Å². The van der Waals surface area contributed by atoms with Crippen LogP contribution in [0.15, 0.2) is 30.3 Å². The first kappa shape index (κ1) is 20.7. The Balaban J connectivity index is 2.09. The number of rotatable bonds is 5. The van der Waals surface area contributed by atoms with Gasteiger partial charge in [0.05, 0.1) is 18.8 Å². The fourth-order valence-corrected chi connectivity index (χ4v) is 4.00. The Kier molecular flexibility index (Phi) is 6.31. The van der Waals surface area contributed by atoms with Gasteiger partial charge >= 0.3 is 0 Å². The van der Waals surface area contributed by atoms with Gasteiger partial charge in [0.15, 0.2) is 0 Å². The zero-order chi connectivity index (χ0) is 20.4. The van der Waals surface area contributed by atoms with Crippen molar-refractivity contribution in [2.45, 2.75) is 40.7 Å². The first-order valence-electron chi connectivity index (χ1n) is 9.92. The molecule has 0 saturated carbocycles. The lowest BCUT2D eigenvalue weighted by Crippen LogP contribution is -2.45. The van der Waals surface area contributed by atoms with Gasteiger partial charge in [0.25, 0.3) is 0 Å².